The Kier molecular flexibility index (Phi) is 5.46. The molecule has 1 heterocycles. The van der Waals surface area contributed by atoms with Crippen molar-refractivity contribution >= 4 is 0 Å². The summed E-state index contributed by atoms with van der Waals surface area (Å²) in [5.74, 6) is 2.67. The number of hydrogen-bond donors (Lipinski definition) is 1. The fourth-order valence-corrected chi connectivity index (χ4v) is 1.87. The van der Waals surface area contributed by atoms with Crippen molar-refractivity contribution in [3.05, 3.63) is 11.7 Å². The van der Waals surface area contributed by atoms with Crippen molar-refractivity contribution in [2.75, 3.05) is 6.54 Å². The van der Waals surface area contributed by atoms with E-state index in [1.807, 2.05) is 0 Å². The molecule has 0 bridgehead atoms. The van der Waals surface area contributed by atoms with Gasteiger partial charge in [-0.2, -0.15) is 4.98 Å². The largest absolute Gasteiger partial charge is 0.339 e. The van der Waals surface area contributed by atoms with E-state index in [-0.39, 0.29) is 0 Å². The van der Waals surface area contributed by atoms with E-state index in [2.05, 4.69) is 30.9 Å². The molecule has 0 radical (unpaired) electrons. The first kappa shape index (κ1) is 13.2. The quantitative estimate of drug-likeness (QED) is 0.772. The molecule has 0 aliphatic rings. The molecule has 0 aliphatic heterocycles. The lowest BCUT2D eigenvalue weighted by atomic mass is 9.94. The molecule has 0 saturated carbocycles. The van der Waals surface area contributed by atoms with E-state index in [9.17, 15) is 0 Å². The molecule has 1 aromatic heterocycles. The molecular weight excluding hydrogens is 202 g/mol. The van der Waals surface area contributed by atoms with E-state index >= 15 is 0 Å². The highest BCUT2D eigenvalue weighted by Gasteiger charge is 2.14. The van der Waals surface area contributed by atoms with Crippen LogP contribution in [0.1, 0.15) is 45.3 Å². The Morgan fingerprint density at radius 2 is 2.12 bits per heavy atom. The predicted octanol–water partition coefficient (Wildman–Crippen LogP) is 2.19. The Morgan fingerprint density at radius 1 is 1.38 bits per heavy atom. The Balaban J connectivity index is 2.49. The van der Waals surface area contributed by atoms with Crippen LogP contribution in [0.15, 0.2) is 4.52 Å². The highest BCUT2D eigenvalue weighted by atomic mass is 16.5. The predicted molar refractivity (Wildman–Crippen MR) is 64.0 cm³/mol. The van der Waals surface area contributed by atoms with Gasteiger partial charge in [0.1, 0.15) is 0 Å². The molecule has 16 heavy (non-hydrogen) atoms. The molecule has 0 saturated heterocycles. The third-order valence-electron chi connectivity index (χ3n) is 2.59. The third-order valence-corrected chi connectivity index (χ3v) is 2.59. The minimum atomic E-state index is 0.454. The van der Waals surface area contributed by atoms with Gasteiger partial charge in [0.05, 0.1) is 0 Å². The summed E-state index contributed by atoms with van der Waals surface area (Å²) in [6.07, 6.45) is 3.86. The summed E-state index contributed by atoms with van der Waals surface area (Å²) in [4.78, 5) is 4.36. The first-order valence-corrected chi connectivity index (χ1v) is 6.17. The standard InChI is InChI=1S/C12H23N3O/c1-4-5-11-14-12(16-15-11)7-10(8-13)6-9(2)3/h9-10H,4-8,13H2,1-3H3/t10-/m0/s1. The van der Waals surface area contributed by atoms with Crippen molar-refractivity contribution < 1.29 is 4.52 Å². The zero-order valence-electron chi connectivity index (χ0n) is 10.6. The van der Waals surface area contributed by atoms with Crippen molar-refractivity contribution in [2.24, 2.45) is 17.6 Å². The molecular formula is C12H23N3O. The molecule has 1 rings (SSSR count). The van der Waals surface area contributed by atoms with Crippen LogP contribution in [0.3, 0.4) is 0 Å². The molecule has 0 unspecified atom stereocenters. The number of nitrogens with two attached hydrogens (primary N) is 1. The molecule has 0 aromatic carbocycles. The van der Waals surface area contributed by atoms with E-state index in [1.165, 1.54) is 0 Å². The maximum absolute atomic E-state index is 5.74. The third kappa shape index (κ3) is 4.31. The van der Waals surface area contributed by atoms with Gasteiger partial charge in [0, 0.05) is 12.8 Å². The molecule has 0 aliphatic carbocycles. The maximum atomic E-state index is 5.74. The van der Waals surface area contributed by atoms with Crippen molar-refractivity contribution in [1.29, 1.82) is 0 Å². The van der Waals surface area contributed by atoms with Crippen LogP contribution in [0.25, 0.3) is 0 Å². The minimum absolute atomic E-state index is 0.454. The lowest BCUT2D eigenvalue weighted by molar-refractivity contribution is 0.329. The molecule has 4 heteroatoms. The number of nitrogens with zero attached hydrogens (tertiary/aromatic N) is 2. The van der Waals surface area contributed by atoms with Gasteiger partial charge in [-0.05, 0) is 31.2 Å². The van der Waals surface area contributed by atoms with E-state index in [0.29, 0.717) is 18.4 Å². The van der Waals surface area contributed by atoms with Gasteiger partial charge in [-0.3, -0.25) is 0 Å². The first-order chi connectivity index (χ1) is 7.65. The molecule has 1 atom stereocenters. The number of aryl methyl sites for hydroxylation is 1. The Hall–Kier alpha value is -0.900. The van der Waals surface area contributed by atoms with Crippen LogP contribution in [-0.2, 0) is 12.8 Å². The number of hydrogen-bond acceptors (Lipinski definition) is 4. The molecule has 2 N–H and O–H groups in total. The summed E-state index contributed by atoms with van der Waals surface area (Å²) in [7, 11) is 0. The SMILES string of the molecule is CCCc1noc(C[C@@H](CN)CC(C)C)n1. The van der Waals surface area contributed by atoms with Crippen LogP contribution >= 0.6 is 0 Å². The summed E-state index contributed by atoms with van der Waals surface area (Å²) in [6.45, 7) is 7.21. The highest BCUT2D eigenvalue weighted by molar-refractivity contribution is 4.88. The maximum Gasteiger partial charge on any atom is 0.226 e. The first-order valence-electron chi connectivity index (χ1n) is 6.17. The van der Waals surface area contributed by atoms with Gasteiger partial charge in [0.15, 0.2) is 5.82 Å². The number of aromatic nitrogens is 2. The smallest absolute Gasteiger partial charge is 0.226 e. The molecule has 4 nitrogen and oxygen atoms in total. The second-order valence-electron chi connectivity index (χ2n) is 4.79. The van der Waals surface area contributed by atoms with Gasteiger partial charge < -0.3 is 10.3 Å². The second-order valence-corrected chi connectivity index (χ2v) is 4.79. The van der Waals surface area contributed by atoms with E-state index in [0.717, 1.165) is 37.4 Å². The zero-order chi connectivity index (χ0) is 12.0. The molecule has 0 amide bonds. The van der Waals surface area contributed by atoms with Crippen molar-refractivity contribution in [3.8, 4) is 0 Å². The summed E-state index contributed by atoms with van der Waals surface area (Å²) in [5.41, 5.74) is 5.74. The molecule has 92 valence electrons. The van der Waals surface area contributed by atoms with Gasteiger partial charge in [-0.15, -0.1) is 0 Å². The Bertz CT molecular complexity index is 296. The Labute approximate surface area is 97.6 Å². The highest BCUT2D eigenvalue weighted by Crippen LogP contribution is 2.15. The summed E-state index contributed by atoms with van der Waals surface area (Å²) < 4.78 is 5.21. The van der Waals surface area contributed by atoms with Crippen LogP contribution < -0.4 is 5.73 Å². The van der Waals surface area contributed by atoms with Crippen LogP contribution in [-0.4, -0.2) is 16.7 Å². The van der Waals surface area contributed by atoms with Crippen LogP contribution in [0, 0.1) is 11.8 Å². The second kappa shape index (κ2) is 6.63. The van der Waals surface area contributed by atoms with Gasteiger partial charge in [-0.1, -0.05) is 25.9 Å². The Morgan fingerprint density at radius 3 is 2.69 bits per heavy atom. The zero-order valence-corrected chi connectivity index (χ0v) is 10.6. The van der Waals surface area contributed by atoms with Crippen molar-refractivity contribution in [2.45, 2.75) is 46.5 Å². The average Bonchev–Trinajstić information content (AvgIpc) is 2.64. The molecule has 1 aromatic rings. The van der Waals surface area contributed by atoms with E-state index < -0.39 is 0 Å². The summed E-state index contributed by atoms with van der Waals surface area (Å²) >= 11 is 0. The summed E-state index contributed by atoms with van der Waals surface area (Å²) in [5, 5.41) is 3.95. The van der Waals surface area contributed by atoms with E-state index in [4.69, 9.17) is 10.3 Å². The normalized spacial score (nSPS) is 13.3. The van der Waals surface area contributed by atoms with Gasteiger partial charge in [0.2, 0.25) is 5.89 Å². The fraction of sp³-hybridized carbons (Fsp3) is 0.833. The lowest BCUT2D eigenvalue weighted by Crippen LogP contribution is -2.19. The molecule has 0 fully saturated rings. The topological polar surface area (TPSA) is 64.9 Å². The average molecular weight is 225 g/mol. The number of rotatable bonds is 7. The minimum Gasteiger partial charge on any atom is -0.339 e. The van der Waals surface area contributed by atoms with Gasteiger partial charge in [0.25, 0.3) is 0 Å². The lowest BCUT2D eigenvalue weighted by Gasteiger charge is -2.14. The van der Waals surface area contributed by atoms with E-state index in [1.54, 1.807) is 0 Å². The van der Waals surface area contributed by atoms with Crippen LogP contribution in [0.2, 0.25) is 0 Å². The summed E-state index contributed by atoms with van der Waals surface area (Å²) in [6, 6.07) is 0. The van der Waals surface area contributed by atoms with Crippen LogP contribution in [0.4, 0.5) is 0 Å². The van der Waals surface area contributed by atoms with Gasteiger partial charge >= 0.3 is 0 Å². The van der Waals surface area contributed by atoms with Crippen molar-refractivity contribution in [3.63, 3.8) is 0 Å². The fourth-order valence-electron chi connectivity index (χ4n) is 1.87. The van der Waals surface area contributed by atoms with Gasteiger partial charge in [-0.25, -0.2) is 0 Å². The monoisotopic (exact) mass is 225 g/mol. The molecule has 0 spiro atoms. The van der Waals surface area contributed by atoms with Crippen molar-refractivity contribution in [1.82, 2.24) is 10.1 Å². The van der Waals surface area contributed by atoms with Crippen LogP contribution in [0.5, 0.6) is 0 Å².